The van der Waals surface area contributed by atoms with Crippen LogP contribution in [-0.4, -0.2) is 40.2 Å². The number of hydrogen-bond donors (Lipinski definition) is 1. The summed E-state index contributed by atoms with van der Waals surface area (Å²) in [5.74, 6) is -0.554. The Labute approximate surface area is 141 Å². The van der Waals surface area contributed by atoms with Gasteiger partial charge in [0.1, 0.15) is 11.7 Å². The van der Waals surface area contributed by atoms with Gasteiger partial charge in [0.05, 0.1) is 5.60 Å². The highest BCUT2D eigenvalue weighted by Crippen LogP contribution is 2.47. The van der Waals surface area contributed by atoms with Gasteiger partial charge in [-0.3, -0.25) is 0 Å². The molecule has 0 amide bonds. The molecule has 0 aromatic carbocycles. The van der Waals surface area contributed by atoms with Crippen LogP contribution in [0.25, 0.3) is 0 Å². The maximum atomic E-state index is 13.1. The third-order valence-corrected chi connectivity index (χ3v) is 4.94. The van der Waals surface area contributed by atoms with Crippen molar-refractivity contribution in [2.45, 2.75) is 83.5 Å². The van der Waals surface area contributed by atoms with Crippen molar-refractivity contribution in [3.63, 3.8) is 0 Å². The van der Waals surface area contributed by atoms with Gasteiger partial charge in [0.15, 0.2) is 5.60 Å². The van der Waals surface area contributed by atoms with Gasteiger partial charge in [-0.15, -0.1) is 0 Å². The molecule has 1 aliphatic rings. The van der Waals surface area contributed by atoms with Crippen molar-refractivity contribution in [3.05, 3.63) is 12.2 Å². The van der Waals surface area contributed by atoms with Gasteiger partial charge < -0.3 is 14.6 Å². The molecule has 0 aromatic heterocycles. The van der Waals surface area contributed by atoms with Crippen LogP contribution in [-0.2, 0) is 14.3 Å². The van der Waals surface area contributed by atoms with Crippen LogP contribution in [0.4, 0.5) is 13.2 Å². The predicted molar refractivity (Wildman–Crippen MR) is 83.3 cm³/mol. The molecule has 1 N–H and O–H groups in total. The number of esters is 1. The van der Waals surface area contributed by atoms with Gasteiger partial charge >= 0.3 is 12.1 Å². The van der Waals surface area contributed by atoms with Gasteiger partial charge in [-0.25, -0.2) is 4.79 Å². The Morgan fingerprint density at radius 2 is 1.58 bits per heavy atom. The number of rotatable bonds is 6. The standard InChI is InChI=1S/C17H27F3O4/c1-10(2)13(21)23-12-8-11(9-12)14(3,4)24-15(5,6)16(7,22)17(18,19)20/h11-12,22H,1,8-9H2,2-7H3. The second-order valence-electron chi connectivity index (χ2n) is 7.76. The quantitative estimate of drug-likeness (QED) is 0.584. The Bertz CT molecular complexity index is 500. The summed E-state index contributed by atoms with van der Waals surface area (Å²) in [5, 5.41) is 9.92. The molecule has 1 unspecified atom stereocenters. The minimum atomic E-state index is -4.81. The van der Waals surface area contributed by atoms with Gasteiger partial charge in [0.2, 0.25) is 0 Å². The van der Waals surface area contributed by atoms with Gasteiger partial charge in [0.25, 0.3) is 0 Å². The molecule has 1 aliphatic carbocycles. The van der Waals surface area contributed by atoms with E-state index in [-0.39, 0.29) is 12.0 Å². The highest BCUT2D eigenvalue weighted by molar-refractivity contribution is 5.87. The molecule has 0 aliphatic heterocycles. The lowest BCUT2D eigenvalue weighted by Gasteiger charge is -2.51. The van der Waals surface area contributed by atoms with E-state index in [0.29, 0.717) is 25.3 Å². The molecule has 1 atom stereocenters. The van der Waals surface area contributed by atoms with Gasteiger partial charge in [-0.1, -0.05) is 6.58 Å². The molecule has 0 heterocycles. The first kappa shape index (κ1) is 21.0. The predicted octanol–water partition coefficient (Wildman–Crippen LogP) is 3.77. The molecule has 0 aromatic rings. The van der Waals surface area contributed by atoms with E-state index in [2.05, 4.69) is 6.58 Å². The molecule has 1 saturated carbocycles. The highest BCUT2D eigenvalue weighted by Gasteiger charge is 2.61. The Hall–Kier alpha value is -1.08. The molecule has 1 rings (SSSR count). The molecule has 1 fully saturated rings. The Balaban J connectivity index is 2.71. The van der Waals surface area contributed by atoms with E-state index in [4.69, 9.17) is 9.47 Å². The second kappa shape index (κ2) is 6.33. The third kappa shape index (κ3) is 4.11. The number of carbonyl (C=O) groups is 1. The van der Waals surface area contributed by atoms with E-state index in [9.17, 15) is 23.1 Å². The summed E-state index contributed by atoms with van der Waals surface area (Å²) in [6.07, 6.45) is -4.11. The molecular formula is C17H27F3O4. The SMILES string of the molecule is C=C(C)C(=O)OC1CC(C(C)(C)OC(C)(C)C(C)(O)C(F)(F)F)C1. The van der Waals surface area contributed by atoms with E-state index in [0.717, 1.165) is 0 Å². The van der Waals surface area contributed by atoms with Crippen LogP contribution < -0.4 is 0 Å². The van der Waals surface area contributed by atoms with Crippen molar-refractivity contribution in [2.75, 3.05) is 0 Å². The first-order chi connectivity index (χ1) is 10.5. The number of carbonyl (C=O) groups excluding carboxylic acids is 1. The van der Waals surface area contributed by atoms with Gasteiger partial charge in [-0.05, 0) is 60.3 Å². The summed E-state index contributed by atoms with van der Waals surface area (Å²) in [4.78, 5) is 11.5. The van der Waals surface area contributed by atoms with E-state index in [1.54, 1.807) is 20.8 Å². The van der Waals surface area contributed by atoms with E-state index in [1.807, 2.05) is 0 Å². The minimum absolute atomic E-state index is 0.0799. The first-order valence-corrected chi connectivity index (χ1v) is 7.87. The summed E-state index contributed by atoms with van der Waals surface area (Å²) in [6, 6.07) is 0. The normalized spacial score (nSPS) is 24.8. The monoisotopic (exact) mass is 352 g/mol. The summed E-state index contributed by atoms with van der Waals surface area (Å²) < 4.78 is 50.2. The fourth-order valence-electron chi connectivity index (χ4n) is 2.66. The summed E-state index contributed by atoms with van der Waals surface area (Å²) in [5.41, 5.74) is -5.44. The molecule has 0 saturated heterocycles. The first-order valence-electron chi connectivity index (χ1n) is 7.87. The van der Waals surface area contributed by atoms with Crippen LogP contribution in [0.5, 0.6) is 0 Å². The number of halogens is 3. The number of alkyl halides is 3. The largest absolute Gasteiger partial charge is 0.459 e. The maximum Gasteiger partial charge on any atom is 0.419 e. The Kier molecular flexibility index (Phi) is 5.53. The van der Waals surface area contributed by atoms with Crippen molar-refractivity contribution in [1.29, 1.82) is 0 Å². The van der Waals surface area contributed by atoms with Crippen molar-refractivity contribution in [3.8, 4) is 0 Å². The lowest BCUT2D eigenvalue weighted by atomic mass is 9.71. The van der Waals surface area contributed by atoms with Crippen LogP contribution in [0.1, 0.15) is 54.4 Å². The molecule has 0 bridgehead atoms. The summed E-state index contributed by atoms with van der Waals surface area (Å²) in [6.45, 7) is 11.6. The minimum Gasteiger partial charge on any atom is -0.459 e. The van der Waals surface area contributed by atoms with E-state index in [1.165, 1.54) is 13.8 Å². The molecule has 140 valence electrons. The fourth-order valence-corrected chi connectivity index (χ4v) is 2.66. The smallest absolute Gasteiger partial charge is 0.419 e. The van der Waals surface area contributed by atoms with Gasteiger partial charge in [-0.2, -0.15) is 13.2 Å². The van der Waals surface area contributed by atoms with E-state index >= 15 is 0 Å². The topological polar surface area (TPSA) is 55.8 Å². The number of aliphatic hydroxyl groups is 1. The third-order valence-electron chi connectivity index (χ3n) is 4.94. The van der Waals surface area contributed by atoms with Crippen molar-refractivity contribution in [2.24, 2.45) is 5.92 Å². The fraction of sp³-hybridized carbons (Fsp3) is 0.824. The highest BCUT2D eigenvalue weighted by atomic mass is 19.4. The van der Waals surface area contributed by atoms with Crippen molar-refractivity contribution in [1.82, 2.24) is 0 Å². The lowest BCUT2D eigenvalue weighted by molar-refractivity contribution is -0.333. The van der Waals surface area contributed by atoms with Crippen LogP contribution in [0.15, 0.2) is 12.2 Å². The average Bonchev–Trinajstić information content (AvgIpc) is 2.29. The maximum absolute atomic E-state index is 13.1. The van der Waals surface area contributed by atoms with Crippen molar-refractivity contribution >= 4 is 5.97 Å². The van der Waals surface area contributed by atoms with Crippen molar-refractivity contribution < 1.29 is 32.5 Å². The molecular weight excluding hydrogens is 325 g/mol. The molecule has 24 heavy (non-hydrogen) atoms. The Morgan fingerprint density at radius 3 is 1.96 bits per heavy atom. The Morgan fingerprint density at radius 1 is 1.12 bits per heavy atom. The van der Waals surface area contributed by atoms with Crippen LogP contribution >= 0.6 is 0 Å². The zero-order valence-corrected chi connectivity index (χ0v) is 15.1. The second-order valence-corrected chi connectivity index (χ2v) is 7.76. The van der Waals surface area contributed by atoms with Crippen LogP contribution in [0.2, 0.25) is 0 Å². The average molecular weight is 352 g/mol. The molecule has 0 spiro atoms. The zero-order valence-electron chi connectivity index (χ0n) is 15.1. The lowest BCUT2D eigenvalue weighted by Crippen LogP contribution is -2.63. The molecule has 7 heteroatoms. The zero-order chi connectivity index (χ0) is 19.1. The summed E-state index contributed by atoms with van der Waals surface area (Å²) >= 11 is 0. The summed E-state index contributed by atoms with van der Waals surface area (Å²) in [7, 11) is 0. The molecule has 4 nitrogen and oxygen atoms in total. The number of hydrogen-bond acceptors (Lipinski definition) is 4. The van der Waals surface area contributed by atoms with E-state index < -0.39 is 28.9 Å². The number of ether oxygens (including phenoxy) is 2. The van der Waals surface area contributed by atoms with Crippen LogP contribution in [0.3, 0.4) is 0 Å². The van der Waals surface area contributed by atoms with Crippen LogP contribution in [0, 0.1) is 5.92 Å². The molecule has 0 radical (unpaired) electrons. The van der Waals surface area contributed by atoms with Gasteiger partial charge in [0, 0.05) is 5.57 Å².